The fourth-order valence-electron chi connectivity index (χ4n) is 1.50. The van der Waals surface area contributed by atoms with Crippen LogP contribution in [0.5, 0.6) is 5.75 Å². The molecular formula is C13H19N3O3. The van der Waals surface area contributed by atoms with E-state index >= 15 is 0 Å². The number of benzene rings is 1. The minimum Gasteiger partial charge on any atom is -0.495 e. The molecule has 1 aromatic carbocycles. The molecule has 4 N–H and O–H groups in total. The first-order valence-corrected chi connectivity index (χ1v) is 6.07. The number of hydrogen-bond acceptors (Lipinski definition) is 4. The molecule has 6 heteroatoms. The highest BCUT2D eigenvalue weighted by molar-refractivity contribution is 6.01. The molecule has 0 bridgehead atoms. The second-order valence-electron chi connectivity index (χ2n) is 3.95. The molecule has 1 rings (SSSR count). The van der Waals surface area contributed by atoms with Gasteiger partial charge in [-0.05, 0) is 18.6 Å². The quantitative estimate of drug-likeness (QED) is 0.654. The zero-order valence-corrected chi connectivity index (χ0v) is 11.2. The first-order chi connectivity index (χ1) is 9.10. The second-order valence-corrected chi connectivity index (χ2v) is 3.95. The number of carbonyl (C=O) groups excluding carboxylic acids is 2. The molecule has 0 saturated heterocycles. The van der Waals surface area contributed by atoms with Crippen molar-refractivity contribution in [3.63, 3.8) is 0 Å². The van der Waals surface area contributed by atoms with E-state index in [2.05, 4.69) is 10.6 Å². The van der Waals surface area contributed by atoms with Gasteiger partial charge in [0.15, 0.2) is 0 Å². The third-order valence-electron chi connectivity index (χ3n) is 2.51. The van der Waals surface area contributed by atoms with E-state index in [1.54, 1.807) is 18.2 Å². The summed E-state index contributed by atoms with van der Waals surface area (Å²) >= 11 is 0. The summed E-state index contributed by atoms with van der Waals surface area (Å²) in [5, 5.41) is 5.18. The third-order valence-corrected chi connectivity index (χ3v) is 2.51. The Morgan fingerprint density at radius 1 is 1.32 bits per heavy atom. The second kappa shape index (κ2) is 7.25. The van der Waals surface area contributed by atoms with Crippen LogP contribution in [-0.4, -0.2) is 32.0 Å². The molecule has 0 atom stereocenters. The summed E-state index contributed by atoms with van der Waals surface area (Å²) in [6.45, 7) is 2.47. The zero-order valence-electron chi connectivity index (χ0n) is 11.2. The zero-order chi connectivity index (χ0) is 14.3. The smallest absolute Gasteiger partial charge is 0.253 e. The minimum atomic E-state index is -0.400. The van der Waals surface area contributed by atoms with Crippen LogP contribution in [0.3, 0.4) is 0 Å². The summed E-state index contributed by atoms with van der Waals surface area (Å²) in [7, 11) is 1.48. The van der Waals surface area contributed by atoms with Gasteiger partial charge in [-0.1, -0.05) is 13.0 Å². The maximum atomic E-state index is 11.9. The number of nitrogens with one attached hydrogen (secondary N) is 2. The minimum absolute atomic E-state index is 0.0739. The van der Waals surface area contributed by atoms with E-state index < -0.39 is 5.91 Å². The number of nitrogens with two attached hydrogens (primary N) is 1. The average Bonchev–Trinajstić information content (AvgIpc) is 2.42. The van der Waals surface area contributed by atoms with E-state index in [0.717, 1.165) is 6.42 Å². The number of amides is 2. The lowest BCUT2D eigenvalue weighted by Gasteiger charge is -2.10. The maximum Gasteiger partial charge on any atom is 0.253 e. The number of para-hydroxylation sites is 1. The lowest BCUT2D eigenvalue weighted by atomic mass is 10.1. The van der Waals surface area contributed by atoms with Crippen LogP contribution in [-0.2, 0) is 4.79 Å². The predicted octanol–water partition coefficient (Wildman–Crippen LogP) is 0.533. The molecule has 0 saturated carbocycles. The molecule has 0 spiro atoms. The van der Waals surface area contributed by atoms with Crippen molar-refractivity contribution in [2.45, 2.75) is 13.3 Å². The molecule has 19 heavy (non-hydrogen) atoms. The number of methoxy groups -OCH3 is 1. The van der Waals surface area contributed by atoms with Crippen molar-refractivity contribution in [3.05, 3.63) is 23.8 Å². The van der Waals surface area contributed by atoms with Gasteiger partial charge in [-0.25, -0.2) is 0 Å². The molecule has 1 aromatic rings. The van der Waals surface area contributed by atoms with Gasteiger partial charge in [0.05, 0.1) is 24.9 Å². The first kappa shape index (κ1) is 14.8. The fourth-order valence-corrected chi connectivity index (χ4v) is 1.50. The van der Waals surface area contributed by atoms with Crippen LogP contribution >= 0.6 is 0 Å². The Morgan fingerprint density at radius 2 is 2.05 bits per heavy atom. The number of hydrogen-bond donors (Lipinski definition) is 3. The van der Waals surface area contributed by atoms with Crippen molar-refractivity contribution in [3.8, 4) is 5.75 Å². The van der Waals surface area contributed by atoms with Gasteiger partial charge >= 0.3 is 0 Å². The van der Waals surface area contributed by atoms with Crippen molar-refractivity contribution >= 4 is 17.5 Å². The Balaban J connectivity index is 2.61. The molecular weight excluding hydrogens is 246 g/mol. The van der Waals surface area contributed by atoms with Crippen LogP contribution in [0.15, 0.2) is 18.2 Å². The van der Waals surface area contributed by atoms with Crippen molar-refractivity contribution in [2.24, 2.45) is 0 Å². The molecule has 0 aliphatic heterocycles. The first-order valence-electron chi connectivity index (χ1n) is 6.07. The number of nitrogen functional groups attached to an aromatic ring is 1. The summed E-state index contributed by atoms with van der Waals surface area (Å²) in [6, 6.07) is 4.92. The van der Waals surface area contributed by atoms with E-state index in [1.165, 1.54) is 7.11 Å². The molecule has 0 aromatic heterocycles. The molecule has 0 aliphatic carbocycles. The van der Waals surface area contributed by atoms with E-state index in [9.17, 15) is 9.59 Å². The number of carbonyl (C=O) groups is 2. The number of anilines is 1. The van der Waals surface area contributed by atoms with E-state index in [1.807, 2.05) is 6.92 Å². The van der Waals surface area contributed by atoms with Crippen LogP contribution in [0.25, 0.3) is 0 Å². The van der Waals surface area contributed by atoms with Crippen LogP contribution in [0.1, 0.15) is 23.7 Å². The van der Waals surface area contributed by atoms with Crippen molar-refractivity contribution < 1.29 is 14.3 Å². The summed E-state index contributed by atoms with van der Waals surface area (Å²) in [5.41, 5.74) is 6.35. The van der Waals surface area contributed by atoms with E-state index in [-0.39, 0.29) is 18.1 Å². The number of ether oxygens (including phenoxy) is 1. The van der Waals surface area contributed by atoms with Gasteiger partial charge in [0.2, 0.25) is 5.91 Å². The van der Waals surface area contributed by atoms with Crippen molar-refractivity contribution in [2.75, 3.05) is 25.9 Å². The highest BCUT2D eigenvalue weighted by Gasteiger charge is 2.13. The van der Waals surface area contributed by atoms with Crippen LogP contribution in [0.2, 0.25) is 0 Å². The van der Waals surface area contributed by atoms with Gasteiger partial charge in [0.25, 0.3) is 5.91 Å². The molecule has 2 amide bonds. The highest BCUT2D eigenvalue weighted by atomic mass is 16.5. The normalized spacial score (nSPS) is 9.79. The molecule has 6 nitrogen and oxygen atoms in total. The van der Waals surface area contributed by atoms with Crippen LogP contribution < -0.4 is 21.1 Å². The Morgan fingerprint density at radius 3 is 2.68 bits per heavy atom. The van der Waals surface area contributed by atoms with Crippen molar-refractivity contribution in [1.82, 2.24) is 10.6 Å². The van der Waals surface area contributed by atoms with Crippen molar-refractivity contribution in [1.29, 1.82) is 0 Å². The molecule has 0 radical (unpaired) electrons. The van der Waals surface area contributed by atoms with Gasteiger partial charge < -0.3 is 21.1 Å². The lowest BCUT2D eigenvalue weighted by molar-refractivity contribution is -0.120. The van der Waals surface area contributed by atoms with Gasteiger partial charge in [0.1, 0.15) is 5.75 Å². The van der Waals surface area contributed by atoms with Crippen LogP contribution in [0, 0.1) is 0 Å². The monoisotopic (exact) mass is 265 g/mol. The highest BCUT2D eigenvalue weighted by Crippen LogP contribution is 2.24. The average molecular weight is 265 g/mol. The SMILES string of the molecule is CCCNC(=O)CNC(=O)c1cccc(OC)c1N. The molecule has 0 aliphatic rings. The summed E-state index contributed by atoms with van der Waals surface area (Å²) < 4.78 is 5.03. The molecule has 0 fully saturated rings. The standard InChI is InChI=1S/C13H19N3O3/c1-3-7-15-11(17)8-16-13(18)9-5-4-6-10(19-2)12(9)14/h4-6H,3,7-8,14H2,1-2H3,(H,15,17)(H,16,18). The fraction of sp³-hybridized carbons (Fsp3) is 0.385. The Labute approximate surface area is 112 Å². The molecule has 104 valence electrons. The maximum absolute atomic E-state index is 11.9. The summed E-state index contributed by atoms with van der Waals surface area (Å²) in [4.78, 5) is 23.2. The third kappa shape index (κ3) is 4.17. The summed E-state index contributed by atoms with van der Waals surface area (Å²) in [6.07, 6.45) is 0.850. The van der Waals surface area contributed by atoms with Crippen LogP contribution in [0.4, 0.5) is 5.69 Å². The van der Waals surface area contributed by atoms with Gasteiger partial charge in [0, 0.05) is 6.54 Å². The Bertz CT molecular complexity index is 460. The largest absolute Gasteiger partial charge is 0.495 e. The van der Waals surface area contributed by atoms with E-state index in [4.69, 9.17) is 10.5 Å². The van der Waals surface area contributed by atoms with Gasteiger partial charge in [-0.2, -0.15) is 0 Å². The summed E-state index contributed by atoms with van der Waals surface area (Å²) in [5.74, 6) is -0.192. The number of rotatable bonds is 6. The predicted molar refractivity (Wildman–Crippen MR) is 73.0 cm³/mol. The Kier molecular flexibility index (Phi) is 5.66. The van der Waals surface area contributed by atoms with Gasteiger partial charge in [-0.15, -0.1) is 0 Å². The topological polar surface area (TPSA) is 93.5 Å². The Hall–Kier alpha value is -2.24. The lowest BCUT2D eigenvalue weighted by Crippen LogP contribution is -2.37. The molecule has 0 unspecified atom stereocenters. The van der Waals surface area contributed by atoms with Gasteiger partial charge in [-0.3, -0.25) is 9.59 Å². The van der Waals surface area contributed by atoms with E-state index in [0.29, 0.717) is 17.9 Å². The molecule has 0 heterocycles.